The zero-order valence-corrected chi connectivity index (χ0v) is 13.5. The normalized spacial score (nSPS) is 24.3. The van der Waals surface area contributed by atoms with Gasteiger partial charge in [-0.1, -0.05) is 18.2 Å². The molecule has 120 valence electrons. The molecule has 0 saturated carbocycles. The molecule has 2 fully saturated rings. The maximum absolute atomic E-state index is 12.9. The molecule has 3 heterocycles. The lowest BCUT2D eigenvalue weighted by Crippen LogP contribution is -2.54. The number of carbonyl (C=O) groups excluding carboxylic acids is 1. The second-order valence-electron chi connectivity index (χ2n) is 5.74. The number of benzene rings is 1. The van der Waals surface area contributed by atoms with Crippen LogP contribution in [0.4, 0.5) is 0 Å². The van der Waals surface area contributed by atoms with Crippen LogP contribution >= 0.6 is 11.8 Å². The highest BCUT2D eigenvalue weighted by Crippen LogP contribution is 2.31. The van der Waals surface area contributed by atoms with Crippen LogP contribution < -0.4 is 0 Å². The number of fused-ring (bicyclic) bond motifs is 1. The summed E-state index contributed by atoms with van der Waals surface area (Å²) in [6, 6.07) is 9.88. The van der Waals surface area contributed by atoms with Gasteiger partial charge in [0, 0.05) is 35.8 Å². The maximum Gasteiger partial charge on any atom is 0.276 e. The Balaban J connectivity index is 1.56. The lowest BCUT2D eigenvalue weighted by atomic mass is 10.1. The molecule has 4 rings (SSSR count). The molecule has 0 aliphatic carbocycles. The zero-order chi connectivity index (χ0) is 15.6. The van der Waals surface area contributed by atoms with E-state index in [2.05, 4.69) is 4.98 Å². The van der Waals surface area contributed by atoms with Crippen LogP contribution in [0.5, 0.6) is 0 Å². The minimum atomic E-state index is -0.0341. The number of nitrogens with zero attached hydrogens (tertiary/aromatic N) is 2. The van der Waals surface area contributed by atoms with Crippen LogP contribution in [0.25, 0.3) is 11.5 Å². The molecule has 0 bridgehead atoms. The fourth-order valence-corrected chi connectivity index (χ4v) is 4.47. The Morgan fingerprint density at radius 2 is 2.17 bits per heavy atom. The van der Waals surface area contributed by atoms with E-state index in [0.717, 1.165) is 37.5 Å². The van der Waals surface area contributed by atoms with E-state index in [1.165, 1.54) is 6.26 Å². The third-order valence-corrected chi connectivity index (χ3v) is 5.64. The van der Waals surface area contributed by atoms with Crippen LogP contribution in [0.2, 0.25) is 0 Å². The number of aromatic nitrogens is 1. The highest BCUT2D eigenvalue weighted by Gasteiger charge is 2.38. The van der Waals surface area contributed by atoms with E-state index in [1.54, 1.807) is 0 Å². The van der Waals surface area contributed by atoms with Gasteiger partial charge in [-0.3, -0.25) is 4.79 Å². The van der Waals surface area contributed by atoms with Crippen molar-refractivity contribution in [1.29, 1.82) is 0 Å². The summed E-state index contributed by atoms with van der Waals surface area (Å²) in [5.41, 5.74) is 1.27. The van der Waals surface area contributed by atoms with Gasteiger partial charge in [0.15, 0.2) is 5.69 Å². The van der Waals surface area contributed by atoms with Crippen LogP contribution in [0.3, 0.4) is 0 Å². The number of carbonyl (C=O) groups is 1. The van der Waals surface area contributed by atoms with Gasteiger partial charge in [0.25, 0.3) is 5.91 Å². The Labute approximate surface area is 139 Å². The van der Waals surface area contributed by atoms with E-state index in [-0.39, 0.29) is 11.9 Å². The molecule has 2 aliphatic rings. The molecular formula is C17H18N2O3S. The number of rotatable bonds is 2. The molecule has 5 nitrogen and oxygen atoms in total. The van der Waals surface area contributed by atoms with Gasteiger partial charge in [0.2, 0.25) is 5.89 Å². The van der Waals surface area contributed by atoms with Gasteiger partial charge in [-0.05, 0) is 18.6 Å². The van der Waals surface area contributed by atoms with Gasteiger partial charge in [-0.25, -0.2) is 4.98 Å². The molecule has 1 amide bonds. The minimum Gasteiger partial charge on any atom is -0.444 e. The Morgan fingerprint density at radius 1 is 1.30 bits per heavy atom. The Bertz CT molecular complexity index is 686. The molecule has 1 aromatic carbocycles. The summed E-state index contributed by atoms with van der Waals surface area (Å²) in [5.74, 6) is 1.40. The largest absolute Gasteiger partial charge is 0.444 e. The van der Waals surface area contributed by atoms with E-state index >= 15 is 0 Å². The number of hydrogen-bond acceptors (Lipinski definition) is 5. The molecule has 0 radical (unpaired) electrons. The van der Waals surface area contributed by atoms with Crippen molar-refractivity contribution >= 4 is 17.7 Å². The van der Waals surface area contributed by atoms with E-state index < -0.39 is 0 Å². The fraction of sp³-hybridized carbons (Fsp3) is 0.412. The number of ether oxygens (including phenoxy) is 1. The standard InChI is InChI=1S/C17H18N2O3S/c20-17(19-7-9-23-15-11-21-8-6-14(15)19)13-10-22-16(18-13)12-4-2-1-3-5-12/h1-5,10,14-15H,6-9,11H2/t14-,15-/m1/s1. The van der Waals surface area contributed by atoms with Gasteiger partial charge in [-0.15, -0.1) is 0 Å². The minimum absolute atomic E-state index is 0.0341. The highest BCUT2D eigenvalue weighted by molar-refractivity contribution is 8.00. The summed E-state index contributed by atoms with van der Waals surface area (Å²) < 4.78 is 11.1. The van der Waals surface area contributed by atoms with Crippen molar-refractivity contribution in [3.8, 4) is 11.5 Å². The molecule has 1 aromatic heterocycles. The van der Waals surface area contributed by atoms with Crippen LogP contribution in [0.1, 0.15) is 16.9 Å². The van der Waals surface area contributed by atoms with Crippen molar-refractivity contribution in [2.24, 2.45) is 0 Å². The van der Waals surface area contributed by atoms with Crippen LogP contribution in [-0.4, -0.2) is 52.6 Å². The molecule has 2 aromatic rings. The summed E-state index contributed by atoms with van der Waals surface area (Å²) in [6.45, 7) is 2.21. The second kappa shape index (κ2) is 6.37. The van der Waals surface area contributed by atoms with E-state index in [4.69, 9.17) is 9.15 Å². The van der Waals surface area contributed by atoms with Crippen molar-refractivity contribution in [3.63, 3.8) is 0 Å². The molecule has 6 heteroatoms. The van der Waals surface area contributed by atoms with Crippen molar-refractivity contribution in [3.05, 3.63) is 42.3 Å². The summed E-state index contributed by atoms with van der Waals surface area (Å²) >= 11 is 1.90. The van der Waals surface area contributed by atoms with Crippen LogP contribution in [0.15, 0.2) is 41.0 Å². The first-order valence-electron chi connectivity index (χ1n) is 7.84. The van der Waals surface area contributed by atoms with Crippen LogP contribution in [-0.2, 0) is 4.74 Å². The van der Waals surface area contributed by atoms with Gasteiger partial charge in [-0.2, -0.15) is 11.8 Å². The zero-order valence-electron chi connectivity index (χ0n) is 12.7. The molecule has 0 N–H and O–H groups in total. The SMILES string of the molecule is O=C(c1coc(-c2ccccc2)n1)N1CCS[C@@H]2COCC[C@H]21. The molecular weight excluding hydrogens is 312 g/mol. The summed E-state index contributed by atoms with van der Waals surface area (Å²) in [5, 5.41) is 0.377. The Kier molecular flexibility index (Phi) is 4.10. The lowest BCUT2D eigenvalue weighted by molar-refractivity contribution is 0.0315. The third-order valence-electron chi connectivity index (χ3n) is 4.34. The average molecular weight is 330 g/mol. The quantitative estimate of drug-likeness (QED) is 0.847. The van der Waals surface area contributed by atoms with E-state index in [0.29, 0.717) is 16.8 Å². The first-order valence-corrected chi connectivity index (χ1v) is 8.89. The number of thioether (sulfide) groups is 1. The van der Waals surface area contributed by atoms with Gasteiger partial charge in [0.1, 0.15) is 6.26 Å². The molecule has 23 heavy (non-hydrogen) atoms. The van der Waals surface area contributed by atoms with E-state index in [1.807, 2.05) is 47.0 Å². The number of amides is 1. The highest BCUT2D eigenvalue weighted by atomic mass is 32.2. The van der Waals surface area contributed by atoms with Crippen LogP contribution in [0, 0.1) is 0 Å². The lowest BCUT2D eigenvalue weighted by Gasteiger charge is -2.43. The fourth-order valence-electron chi connectivity index (χ4n) is 3.17. The molecule has 2 saturated heterocycles. The molecule has 2 aliphatic heterocycles. The smallest absolute Gasteiger partial charge is 0.276 e. The second-order valence-corrected chi connectivity index (χ2v) is 7.09. The summed E-state index contributed by atoms with van der Waals surface area (Å²) in [7, 11) is 0. The third kappa shape index (κ3) is 2.88. The first-order chi connectivity index (χ1) is 11.3. The number of hydrogen-bond donors (Lipinski definition) is 0. The van der Waals surface area contributed by atoms with Gasteiger partial charge in [0.05, 0.1) is 6.61 Å². The molecule has 0 spiro atoms. The summed E-state index contributed by atoms with van der Waals surface area (Å²) in [4.78, 5) is 19.2. The van der Waals surface area contributed by atoms with Crippen molar-refractivity contribution in [2.75, 3.05) is 25.5 Å². The molecule has 2 atom stereocenters. The van der Waals surface area contributed by atoms with Gasteiger partial charge >= 0.3 is 0 Å². The van der Waals surface area contributed by atoms with Crippen molar-refractivity contribution < 1.29 is 13.9 Å². The average Bonchev–Trinajstić information content (AvgIpc) is 3.11. The predicted molar refractivity (Wildman–Crippen MR) is 88.4 cm³/mol. The number of oxazole rings is 1. The van der Waals surface area contributed by atoms with Crippen molar-refractivity contribution in [2.45, 2.75) is 17.7 Å². The van der Waals surface area contributed by atoms with Gasteiger partial charge < -0.3 is 14.1 Å². The Morgan fingerprint density at radius 3 is 3.04 bits per heavy atom. The summed E-state index contributed by atoms with van der Waals surface area (Å²) in [6.07, 6.45) is 2.37. The topological polar surface area (TPSA) is 55.6 Å². The predicted octanol–water partition coefficient (Wildman–Crippen LogP) is 2.69. The molecule has 0 unspecified atom stereocenters. The van der Waals surface area contributed by atoms with E-state index in [9.17, 15) is 4.79 Å². The maximum atomic E-state index is 12.9. The van der Waals surface area contributed by atoms with Crippen molar-refractivity contribution in [1.82, 2.24) is 9.88 Å². The first kappa shape index (κ1) is 14.8. The monoisotopic (exact) mass is 330 g/mol. The Hall–Kier alpha value is -1.79.